The lowest BCUT2D eigenvalue weighted by Crippen LogP contribution is -2.57. The monoisotopic (exact) mass is 626 g/mol. The van der Waals surface area contributed by atoms with Crippen molar-refractivity contribution in [2.45, 2.75) is 63.5 Å². The van der Waals surface area contributed by atoms with Gasteiger partial charge < -0.3 is 31.2 Å². The van der Waals surface area contributed by atoms with Crippen molar-refractivity contribution in [1.82, 2.24) is 34.9 Å². The molecule has 1 unspecified atom stereocenters. The Hall–Kier alpha value is -4.91. The number of carbonyl (C=O) groups is 3. The lowest BCUT2D eigenvalue weighted by atomic mass is 9.86. The molecule has 1 aliphatic heterocycles. The Bertz CT molecular complexity index is 1650. The van der Waals surface area contributed by atoms with Gasteiger partial charge in [-0.05, 0) is 56.4 Å². The number of imidazole rings is 1. The van der Waals surface area contributed by atoms with Crippen LogP contribution in [-0.4, -0.2) is 73.3 Å². The molecule has 1 atom stereocenters. The molecule has 5 rings (SSSR count). The van der Waals surface area contributed by atoms with Crippen molar-refractivity contribution >= 4 is 23.5 Å². The molecule has 0 bridgehead atoms. The van der Waals surface area contributed by atoms with Crippen LogP contribution in [0, 0.1) is 18.3 Å². The van der Waals surface area contributed by atoms with Crippen LogP contribution in [0.2, 0.25) is 0 Å². The van der Waals surface area contributed by atoms with Crippen LogP contribution in [0.15, 0.2) is 30.6 Å². The summed E-state index contributed by atoms with van der Waals surface area (Å²) in [7, 11) is 1.40. The number of rotatable bonds is 7. The van der Waals surface area contributed by atoms with Crippen LogP contribution in [-0.2, 0) is 19.8 Å². The van der Waals surface area contributed by atoms with Gasteiger partial charge in [0.15, 0.2) is 11.5 Å². The third-order valence-corrected chi connectivity index (χ3v) is 8.00. The average Bonchev–Trinajstić information content (AvgIpc) is 3.55. The highest BCUT2D eigenvalue weighted by Gasteiger charge is 2.39. The largest absolute Gasteiger partial charge is 0.435 e. The number of carbonyl (C=O) groups excluding carboxylic acids is 3. The number of aromatic nitrogens is 4. The summed E-state index contributed by atoms with van der Waals surface area (Å²) in [6.45, 7) is 2.56. The van der Waals surface area contributed by atoms with Gasteiger partial charge in [0.25, 0.3) is 11.8 Å². The van der Waals surface area contributed by atoms with E-state index in [-0.39, 0.29) is 53.7 Å². The van der Waals surface area contributed by atoms with Gasteiger partial charge in [0, 0.05) is 55.7 Å². The molecule has 1 saturated carbocycles. The van der Waals surface area contributed by atoms with E-state index in [0.29, 0.717) is 42.7 Å². The van der Waals surface area contributed by atoms with Crippen molar-refractivity contribution in [1.29, 1.82) is 5.26 Å². The summed E-state index contributed by atoms with van der Waals surface area (Å²) in [5, 5.41) is 21.0. The minimum Gasteiger partial charge on any atom is -0.349 e. The van der Waals surface area contributed by atoms with Crippen molar-refractivity contribution in [2.75, 3.05) is 18.4 Å². The van der Waals surface area contributed by atoms with Crippen LogP contribution in [0.5, 0.6) is 0 Å². The zero-order chi connectivity index (χ0) is 32.5. The van der Waals surface area contributed by atoms with Crippen molar-refractivity contribution in [2.24, 2.45) is 12.8 Å². The maximum Gasteiger partial charge on any atom is 0.435 e. The standard InChI is InChI=1S/C29H33F3N10O3/c1-16-10-18(5-6-21(16)26(43)37-19-11-20(12-19)38-28(45)41-8-3-4-17(34)14-41)36-27(44)25-35-13-23(40(25)2)22-15-42(9-7-33)39-24(22)29(30,31)32/h5-6,10,13,15,17,19-20H,3-4,8-9,11-12,14,34H2,1-2H3,(H,36,44)(H,37,43)(H,38,45). The Morgan fingerprint density at radius 3 is 2.56 bits per heavy atom. The van der Waals surface area contributed by atoms with Crippen molar-refractivity contribution < 1.29 is 27.6 Å². The lowest BCUT2D eigenvalue weighted by molar-refractivity contribution is -0.141. The molecule has 2 aromatic heterocycles. The first-order valence-electron chi connectivity index (χ1n) is 14.4. The zero-order valence-electron chi connectivity index (χ0n) is 24.7. The fourth-order valence-electron chi connectivity index (χ4n) is 5.60. The molecule has 13 nitrogen and oxygen atoms in total. The molecule has 1 saturated heterocycles. The van der Waals surface area contributed by atoms with Gasteiger partial charge >= 0.3 is 12.2 Å². The number of alkyl halides is 3. The van der Waals surface area contributed by atoms with Crippen molar-refractivity contribution in [3.63, 3.8) is 0 Å². The zero-order valence-corrected chi connectivity index (χ0v) is 24.7. The van der Waals surface area contributed by atoms with Gasteiger partial charge in [-0.1, -0.05) is 0 Å². The summed E-state index contributed by atoms with van der Waals surface area (Å²) in [6.07, 6.45) is 0.452. The van der Waals surface area contributed by atoms with Crippen LogP contribution in [0.3, 0.4) is 0 Å². The van der Waals surface area contributed by atoms with Crippen LogP contribution in [0.25, 0.3) is 11.3 Å². The average molecular weight is 627 g/mol. The van der Waals surface area contributed by atoms with Gasteiger partial charge in [-0.15, -0.1) is 0 Å². The van der Waals surface area contributed by atoms with Gasteiger partial charge in [-0.25, -0.2) is 9.78 Å². The minimum absolute atomic E-state index is 0.00288. The number of halogens is 3. The number of nitrogens with one attached hydrogen (secondary N) is 3. The third-order valence-electron chi connectivity index (χ3n) is 8.00. The summed E-state index contributed by atoms with van der Waals surface area (Å²) in [5.74, 6) is -1.11. The summed E-state index contributed by atoms with van der Waals surface area (Å²) < 4.78 is 42.9. The van der Waals surface area contributed by atoms with E-state index in [9.17, 15) is 27.6 Å². The number of likely N-dealkylation sites (tertiary alicyclic amines) is 1. The molecular weight excluding hydrogens is 593 g/mol. The molecule has 16 heteroatoms. The molecule has 2 aliphatic rings. The van der Waals surface area contributed by atoms with Gasteiger partial charge in [0.2, 0.25) is 0 Å². The number of amides is 4. The van der Waals surface area contributed by atoms with E-state index < -0.39 is 17.8 Å². The Balaban J connectivity index is 1.18. The molecule has 2 fully saturated rings. The minimum atomic E-state index is -4.79. The van der Waals surface area contributed by atoms with E-state index in [4.69, 9.17) is 11.0 Å². The van der Waals surface area contributed by atoms with Crippen LogP contribution in [0.4, 0.5) is 23.7 Å². The first-order chi connectivity index (χ1) is 21.3. The second-order valence-corrected chi connectivity index (χ2v) is 11.4. The fourth-order valence-corrected chi connectivity index (χ4v) is 5.60. The molecule has 5 N–H and O–H groups in total. The fraction of sp³-hybridized carbons (Fsp3) is 0.448. The number of aryl methyl sites for hydroxylation is 1. The van der Waals surface area contributed by atoms with Crippen LogP contribution in [0.1, 0.15) is 57.9 Å². The van der Waals surface area contributed by atoms with Gasteiger partial charge in [-0.2, -0.15) is 23.5 Å². The number of nitrogens with zero attached hydrogens (tertiary/aromatic N) is 6. The second-order valence-electron chi connectivity index (χ2n) is 11.4. The van der Waals surface area contributed by atoms with Crippen LogP contribution >= 0.6 is 0 Å². The topological polar surface area (TPSA) is 176 Å². The Morgan fingerprint density at radius 1 is 1.16 bits per heavy atom. The van der Waals surface area contributed by atoms with Crippen molar-refractivity contribution in [3.8, 4) is 17.3 Å². The molecule has 3 aromatic rings. The number of benzene rings is 1. The normalized spacial score (nSPS) is 19.8. The van der Waals surface area contributed by atoms with E-state index in [0.717, 1.165) is 29.9 Å². The smallest absolute Gasteiger partial charge is 0.349 e. The number of hydrogen-bond acceptors (Lipinski definition) is 7. The molecule has 3 heterocycles. The quantitative estimate of drug-likeness (QED) is 0.312. The third kappa shape index (κ3) is 6.93. The summed E-state index contributed by atoms with van der Waals surface area (Å²) in [5.41, 5.74) is 5.82. The maximum absolute atomic E-state index is 13.6. The molecular formula is C29H33F3N10O3. The van der Waals surface area contributed by atoms with Crippen LogP contribution < -0.4 is 21.7 Å². The number of nitriles is 1. The summed E-state index contributed by atoms with van der Waals surface area (Å²) in [4.78, 5) is 44.2. The van der Waals surface area contributed by atoms with E-state index in [2.05, 4.69) is 26.0 Å². The Morgan fingerprint density at radius 2 is 1.89 bits per heavy atom. The Labute approximate surface area is 256 Å². The predicted octanol–water partition coefficient (Wildman–Crippen LogP) is 2.78. The molecule has 1 aromatic carbocycles. The first-order valence-corrected chi connectivity index (χ1v) is 14.4. The number of urea groups is 1. The number of anilines is 1. The van der Waals surface area contributed by atoms with E-state index in [1.165, 1.54) is 11.6 Å². The van der Waals surface area contributed by atoms with E-state index >= 15 is 0 Å². The lowest BCUT2D eigenvalue weighted by Gasteiger charge is -2.39. The SMILES string of the molecule is Cc1cc(NC(=O)c2ncc(-c3cn(CC#N)nc3C(F)(F)F)n2C)ccc1C(=O)NC1CC(NC(=O)N2CCCC(N)C2)C1. The molecule has 238 valence electrons. The highest BCUT2D eigenvalue weighted by atomic mass is 19.4. The highest BCUT2D eigenvalue weighted by molar-refractivity contribution is 6.03. The summed E-state index contributed by atoms with van der Waals surface area (Å²) in [6, 6.07) is 6.22. The summed E-state index contributed by atoms with van der Waals surface area (Å²) >= 11 is 0. The van der Waals surface area contributed by atoms with E-state index in [1.54, 1.807) is 36.1 Å². The Kier molecular flexibility index (Phi) is 8.82. The number of nitrogens with two attached hydrogens (primary N) is 1. The van der Waals surface area contributed by atoms with Gasteiger partial charge in [-0.3, -0.25) is 14.3 Å². The molecule has 45 heavy (non-hydrogen) atoms. The maximum atomic E-state index is 13.6. The first kappa shape index (κ1) is 31.5. The number of hydrogen-bond donors (Lipinski definition) is 4. The molecule has 0 radical (unpaired) electrons. The predicted molar refractivity (Wildman–Crippen MR) is 156 cm³/mol. The molecule has 0 spiro atoms. The molecule has 1 aliphatic carbocycles. The van der Waals surface area contributed by atoms with E-state index in [1.807, 2.05) is 0 Å². The number of piperidine rings is 1. The highest BCUT2D eigenvalue weighted by Crippen LogP contribution is 2.36. The van der Waals surface area contributed by atoms with Crippen molar-refractivity contribution in [3.05, 3.63) is 53.2 Å². The molecule has 4 amide bonds. The van der Waals surface area contributed by atoms with Gasteiger partial charge in [0.05, 0.1) is 23.5 Å². The van der Waals surface area contributed by atoms with Gasteiger partial charge in [0.1, 0.15) is 6.54 Å². The second kappa shape index (κ2) is 12.6.